The molecule has 0 bridgehead atoms. The van der Waals surface area contributed by atoms with Crippen LogP contribution in [0.1, 0.15) is 18.0 Å². The molecule has 4 rings (SSSR count). The fraction of sp³-hybridized carbons (Fsp3) is 0.200. The average Bonchev–Trinajstić information content (AvgIpc) is 3.36. The van der Waals surface area contributed by atoms with Gasteiger partial charge in [-0.2, -0.15) is 4.98 Å². The monoisotopic (exact) mass is 427 g/mol. The van der Waals surface area contributed by atoms with Gasteiger partial charge in [0.15, 0.2) is 16.8 Å². The van der Waals surface area contributed by atoms with Crippen molar-refractivity contribution in [1.82, 2.24) is 24.9 Å². The van der Waals surface area contributed by atoms with Gasteiger partial charge >= 0.3 is 0 Å². The van der Waals surface area contributed by atoms with E-state index in [0.29, 0.717) is 16.7 Å². The first-order valence-electron chi connectivity index (χ1n) is 8.85. The molecule has 0 saturated carbocycles. The van der Waals surface area contributed by atoms with Crippen molar-refractivity contribution in [3.63, 3.8) is 0 Å². The van der Waals surface area contributed by atoms with Crippen molar-refractivity contribution in [2.75, 3.05) is 7.11 Å². The van der Waals surface area contributed by atoms with Gasteiger partial charge in [-0.3, -0.25) is 0 Å². The van der Waals surface area contributed by atoms with Crippen LogP contribution in [0.2, 0.25) is 5.02 Å². The summed E-state index contributed by atoms with van der Waals surface area (Å²) in [5.41, 5.74) is 1.75. The van der Waals surface area contributed by atoms with Crippen LogP contribution in [-0.2, 0) is 7.05 Å². The number of aromatic nitrogens is 5. The SMILES string of the molecule is COc1ccc(-c2nnc(SC(C)c3noc(-c4cccc(Cl)c4)n3)n2C)cc1. The number of hydrogen-bond acceptors (Lipinski definition) is 7. The zero-order valence-electron chi connectivity index (χ0n) is 16.0. The summed E-state index contributed by atoms with van der Waals surface area (Å²) in [6, 6.07) is 15.0. The highest BCUT2D eigenvalue weighted by Gasteiger charge is 2.20. The van der Waals surface area contributed by atoms with E-state index in [9.17, 15) is 0 Å². The summed E-state index contributed by atoms with van der Waals surface area (Å²) in [4.78, 5) is 4.50. The van der Waals surface area contributed by atoms with E-state index < -0.39 is 0 Å². The zero-order chi connectivity index (χ0) is 20.4. The molecule has 0 N–H and O–H groups in total. The lowest BCUT2D eigenvalue weighted by molar-refractivity contribution is 0.415. The highest BCUT2D eigenvalue weighted by molar-refractivity contribution is 7.99. The molecule has 1 unspecified atom stereocenters. The molecule has 29 heavy (non-hydrogen) atoms. The minimum atomic E-state index is -0.0710. The quantitative estimate of drug-likeness (QED) is 0.398. The number of thioether (sulfide) groups is 1. The number of hydrogen-bond donors (Lipinski definition) is 0. The molecule has 0 amide bonds. The highest BCUT2D eigenvalue weighted by Crippen LogP contribution is 2.34. The summed E-state index contributed by atoms with van der Waals surface area (Å²) in [5.74, 6) is 2.59. The molecule has 148 valence electrons. The van der Waals surface area contributed by atoms with E-state index in [1.54, 1.807) is 19.2 Å². The van der Waals surface area contributed by atoms with Crippen molar-refractivity contribution in [3.05, 3.63) is 59.4 Å². The molecule has 2 heterocycles. The number of rotatable bonds is 6. The molecule has 0 radical (unpaired) electrons. The van der Waals surface area contributed by atoms with Crippen LogP contribution in [0.15, 0.2) is 58.2 Å². The van der Waals surface area contributed by atoms with Crippen LogP contribution in [0, 0.1) is 0 Å². The van der Waals surface area contributed by atoms with Gasteiger partial charge in [0.1, 0.15) is 5.75 Å². The third-order valence-corrected chi connectivity index (χ3v) is 5.71. The fourth-order valence-electron chi connectivity index (χ4n) is 2.76. The molecule has 2 aromatic carbocycles. The molecule has 4 aromatic rings. The minimum absolute atomic E-state index is 0.0710. The number of halogens is 1. The fourth-order valence-corrected chi connectivity index (χ4v) is 3.80. The molecule has 0 aliphatic heterocycles. The Hall–Kier alpha value is -2.84. The number of benzene rings is 2. The van der Waals surface area contributed by atoms with E-state index in [0.717, 1.165) is 27.9 Å². The summed E-state index contributed by atoms with van der Waals surface area (Å²) in [6.45, 7) is 2.00. The Kier molecular flexibility index (Phi) is 5.55. The molecule has 2 aromatic heterocycles. The number of nitrogens with zero attached hydrogens (tertiary/aromatic N) is 5. The van der Waals surface area contributed by atoms with Crippen molar-refractivity contribution in [2.45, 2.75) is 17.3 Å². The van der Waals surface area contributed by atoms with Gasteiger partial charge in [0, 0.05) is 23.2 Å². The smallest absolute Gasteiger partial charge is 0.258 e. The van der Waals surface area contributed by atoms with Crippen LogP contribution in [0.25, 0.3) is 22.8 Å². The maximum atomic E-state index is 6.04. The molecule has 0 saturated heterocycles. The van der Waals surface area contributed by atoms with E-state index >= 15 is 0 Å². The van der Waals surface area contributed by atoms with E-state index in [2.05, 4.69) is 20.3 Å². The number of methoxy groups -OCH3 is 1. The van der Waals surface area contributed by atoms with Crippen LogP contribution in [-0.4, -0.2) is 32.0 Å². The Morgan fingerprint density at radius 3 is 2.62 bits per heavy atom. The molecule has 0 spiro atoms. The molecular formula is C20H18ClN5O2S. The lowest BCUT2D eigenvalue weighted by atomic mass is 10.2. The van der Waals surface area contributed by atoms with Gasteiger partial charge < -0.3 is 13.8 Å². The largest absolute Gasteiger partial charge is 0.497 e. The van der Waals surface area contributed by atoms with Crippen molar-refractivity contribution in [3.8, 4) is 28.6 Å². The Morgan fingerprint density at radius 2 is 1.90 bits per heavy atom. The van der Waals surface area contributed by atoms with Crippen molar-refractivity contribution < 1.29 is 9.26 Å². The van der Waals surface area contributed by atoms with Crippen molar-refractivity contribution in [1.29, 1.82) is 0 Å². The van der Waals surface area contributed by atoms with Gasteiger partial charge in [0.05, 0.1) is 12.4 Å². The van der Waals surface area contributed by atoms with Crippen molar-refractivity contribution >= 4 is 23.4 Å². The van der Waals surface area contributed by atoms with Crippen molar-refractivity contribution in [2.24, 2.45) is 7.05 Å². The molecule has 0 aliphatic carbocycles. The third kappa shape index (κ3) is 4.13. The first kappa shape index (κ1) is 19.5. The first-order valence-corrected chi connectivity index (χ1v) is 10.1. The van der Waals surface area contributed by atoms with E-state index in [-0.39, 0.29) is 5.25 Å². The summed E-state index contributed by atoms with van der Waals surface area (Å²) < 4.78 is 12.6. The predicted octanol–water partition coefficient (Wildman–Crippen LogP) is 5.05. The average molecular weight is 428 g/mol. The minimum Gasteiger partial charge on any atom is -0.497 e. The Labute approximate surface area is 177 Å². The Balaban J connectivity index is 1.52. The molecular weight excluding hydrogens is 410 g/mol. The summed E-state index contributed by atoms with van der Waals surface area (Å²) in [6.07, 6.45) is 0. The highest BCUT2D eigenvalue weighted by atomic mass is 35.5. The van der Waals surface area contributed by atoms with Crippen LogP contribution < -0.4 is 4.74 Å². The van der Waals surface area contributed by atoms with Gasteiger partial charge in [-0.15, -0.1) is 10.2 Å². The predicted molar refractivity (Wildman–Crippen MR) is 112 cm³/mol. The maximum Gasteiger partial charge on any atom is 0.258 e. The second-order valence-corrected chi connectivity index (χ2v) is 8.07. The topological polar surface area (TPSA) is 78.9 Å². The second kappa shape index (κ2) is 8.26. The summed E-state index contributed by atoms with van der Waals surface area (Å²) >= 11 is 7.55. The Bertz CT molecular complexity index is 1130. The van der Waals surface area contributed by atoms with Crippen LogP contribution in [0.5, 0.6) is 5.75 Å². The van der Waals surface area contributed by atoms with Crippen LogP contribution in [0.3, 0.4) is 0 Å². The Morgan fingerprint density at radius 1 is 1.10 bits per heavy atom. The lowest BCUT2D eigenvalue weighted by Gasteiger charge is -2.07. The van der Waals surface area contributed by atoms with Crippen LogP contribution >= 0.6 is 23.4 Å². The number of ether oxygens (including phenoxy) is 1. The lowest BCUT2D eigenvalue weighted by Crippen LogP contribution is -1.98. The van der Waals surface area contributed by atoms with Gasteiger partial charge in [-0.1, -0.05) is 34.6 Å². The van der Waals surface area contributed by atoms with E-state index in [1.165, 1.54) is 11.8 Å². The molecule has 9 heteroatoms. The summed E-state index contributed by atoms with van der Waals surface area (Å²) in [7, 11) is 3.57. The van der Waals surface area contributed by atoms with E-state index in [1.807, 2.05) is 54.9 Å². The molecule has 1 atom stereocenters. The van der Waals surface area contributed by atoms with Gasteiger partial charge in [-0.05, 0) is 49.4 Å². The second-order valence-electron chi connectivity index (χ2n) is 6.32. The maximum absolute atomic E-state index is 6.04. The first-order chi connectivity index (χ1) is 14.0. The van der Waals surface area contributed by atoms with Gasteiger partial charge in [0.25, 0.3) is 5.89 Å². The standard InChI is InChI=1S/C20H18ClN5O2S/c1-12(17-22-19(28-25-17)14-5-4-6-15(21)11-14)29-20-24-23-18(26(20)2)13-7-9-16(27-3)10-8-13/h4-12H,1-3H3. The molecule has 7 nitrogen and oxygen atoms in total. The normalized spacial score (nSPS) is 12.1. The van der Waals surface area contributed by atoms with Crippen LogP contribution in [0.4, 0.5) is 0 Å². The van der Waals surface area contributed by atoms with E-state index in [4.69, 9.17) is 20.9 Å². The van der Waals surface area contributed by atoms with Gasteiger partial charge in [0.2, 0.25) is 0 Å². The third-order valence-electron chi connectivity index (χ3n) is 4.34. The van der Waals surface area contributed by atoms with Gasteiger partial charge in [-0.25, -0.2) is 0 Å². The molecule has 0 aliphatic rings. The molecule has 0 fully saturated rings. The zero-order valence-corrected chi connectivity index (χ0v) is 17.6. The summed E-state index contributed by atoms with van der Waals surface area (Å²) in [5, 5.41) is 14.1.